The fourth-order valence-corrected chi connectivity index (χ4v) is 7.42. The quantitative estimate of drug-likeness (QED) is 0.0371. The van der Waals surface area contributed by atoms with Gasteiger partial charge in [-0.25, -0.2) is 0 Å². The van der Waals surface area contributed by atoms with E-state index in [4.69, 9.17) is 0 Å². The molecule has 0 heterocycles. The highest BCUT2D eigenvalue weighted by molar-refractivity contribution is 5.80. The maximum Gasteiger partial charge on any atom is 0.249 e. The third-order valence-corrected chi connectivity index (χ3v) is 11.1. The van der Waals surface area contributed by atoms with Gasteiger partial charge in [-0.1, -0.05) is 251 Å². The number of carbonyl (C=O) groups is 1. The summed E-state index contributed by atoms with van der Waals surface area (Å²) in [6, 6.07) is -0.792. The lowest BCUT2D eigenvalue weighted by Crippen LogP contribution is -2.48. The number of carbonyl (C=O) groups excluding carboxylic acids is 1. The smallest absolute Gasteiger partial charge is 0.249 e. The Kier molecular flexibility index (Phi) is 42.1. The van der Waals surface area contributed by atoms with Gasteiger partial charge in [0.1, 0.15) is 6.10 Å². The number of amides is 1. The Bertz CT molecular complexity index is 728. The van der Waals surface area contributed by atoms with Crippen LogP contribution < -0.4 is 5.32 Å². The Morgan fingerprint density at radius 3 is 1.06 bits per heavy atom. The van der Waals surface area contributed by atoms with Gasteiger partial charge in [0, 0.05) is 0 Å². The molecule has 0 aromatic heterocycles. The average molecular weight is 736 g/mol. The largest absolute Gasteiger partial charge is 0.394 e. The third-order valence-electron chi connectivity index (χ3n) is 11.1. The summed E-state index contributed by atoms with van der Waals surface area (Å²) in [6.07, 6.45) is 51.2. The summed E-state index contributed by atoms with van der Waals surface area (Å²) >= 11 is 0. The van der Waals surface area contributed by atoms with Crippen molar-refractivity contribution in [2.24, 2.45) is 0 Å². The van der Waals surface area contributed by atoms with Crippen molar-refractivity contribution in [2.75, 3.05) is 6.61 Å². The van der Waals surface area contributed by atoms with Crippen molar-refractivity contribution >= 4 is 5.91 Å². The van der Waals surface area contributed by atoms with Crippen molar-refractivity contribution in [1.29, 1.82) is 0 Å². The van der Waals surface area contributed by atoms with Gasteiger partial charge in [-0.3, -0.25) is 4.79 Å². The summed E-state index contributed by atoms with van der Waals surface area (Å²) in [5, 5.41) is 33.1. The van der Waals surface area contributed by atoms with Crippen LogP contribution in [-0.4, -0.2) is 46.1 Å². The second kappa shape index (κ2) is 42.8. The molecule has 0 aliphatic rings. The van der Waals surface area contributed by atoms with Gasteiger partial charge in [-0.2, -0.15) is 0 Å². The van der Waals surface area contributed by atoms with Gasteiger partial charge < -0.3 is 20.6 Å². The SMILES string of the molecule is CCCCCCCCCCCCC/C=C/C(O)C(CO)NC(=O)C(O)CCCCCCCCCCCCCCCCCCCCCCCCCCC. The molecule has 1 amide bonds. The zero-order valence-electron chi connectivity index (χ0n) is 35.2. The van der Waals surface area contributed by atoms with Crippen LogP contribution in [0.5, 0.6) is 0 Å². The minimum Gasteiger partial charge on any atom is -0.394 e. The van der Waals surface area contributed by atoms with Gasteiger partial charge in [0.05, 0.1) is 18.8 Å². The van der Waals surface area contributed by atoms with E-state index in [-0.39, 0.29) is 6.61 Å². The van der Waals surface area contributed by atoms with Gasteiger partial charge in [-0.15, -0.1) is 0 Å². The van der Waals surface area contributed by atoms with Crippen LogP contribution in [0.1, 0.15) is 258 Å². The van der Waals surface area contributed by atoms with E-state index in [1.165, 1.54) is 205 Å². The maximum atomic E-state index is 12.5. The zero-order valence-corrected chi connectivity index (χ0v) is 35.2. The molecule has 0 saturated heterocycles. The lowest BCUT2D eigenvalue weighted by atomic mass is 10.0. The van der Waals surface area contributed by atoms with Crippen LogP contribution in [0, 0.1) is 0 Å². The standard InChI is InChI=1S/C47H93NO4/c1-3-5-7-9-11-13-15-17-18-19-20-21-22-23-24-25-26-27-28-30-32-34-36-38-40-42-46(51)47(52)48-44(43-49)45(50)41-39-37-35-33-31-29-16-14-12-10-8-6-4-2/h39,41,44-46,49-51H,3-38,40,42-43H2,1-2H3,(H,48,52)/b41-39+. The van der Waals surface area contributed by atoms with Gasteiger partial charge >= 0.3 is 0 Å². The molecule has 0 spiro atoms. The first kappa shape index (κ1) is 51.1. The molecule has 310 valence electrons. The Hall–Kier alpha value is -0.910. The highest BCUT2D eigenvalue weighted by atomic mass is 16.3. The number of allylic oxidation sites excluding steroid dienone is 1. The molecule has 0 radical (unpaired) electrons. The van der Waals surface area contributed by atoms with Crippen molar-refractivity contribution in [3.05, 3.63) is 12.2 Å². The summed E-state index contributed by atoms with van der Waals surface area (Å²) in [4.78, 5) is 12.5. The van der Waals surface area contributed by atoms with Crippen molar-refractivity contribution in [3.63, 3.8) is 0 Å². The second-order valence-corrected chi connectivity index (χ2v) is 16.3. The van der Waals surface area contributed by atoms with Crippen molar-refractivity contribution in [2.45, 2.75) is 276 Å². The van der Waals surface area contributed by atoms with Crippen molar-refractivity contribution in [3.8, 4) is 0 Å². The van der Waals surface area contributed by atoms with E-state index < -0.39 is 24.2 Å². The number of unbranched alkanes of at least 4 members (excludes halogenated alkanes) is 35. The molecule has 5 nitrogen and oxygen atoms in total. The lowest BCUT2D eigenvalue weighted by molar-refractivity contribution is -0.131. The summed E-state index contributed by atoms with van der Waals surface area (Å²) < 4.78 is 0. The zero-order chi connectivity index (χ0) is 38.0. The number of aliphatic hydroxyl groups is 3. The number of hydrogen-bond acceptors (Lipinski definition) is 4. The summed E-state index contributed by atoms with van der Waals surface area (Å²) in [5.41, 5.74) is 0. The molecule has 0 aromatic carbocycles. The number of hydrogen-bond donors (Lipinski definition) is 4. The summed E-state index contributed by atoms with van der Waals surface area (Å²) in [7, 11) is 0. The minimum absolute atomic E-state index is 0.359. The van der Waals surface area contributed by atoms with E-state index in [1.54, 1.807) is 6.08 Å². The maximum absolute atomic E-state index is 12.5. The van der Waals surface area contributed by atoms with Gasteiger partial charge in [0.15, 0.2) is 0 Å². The Balaban J connectivity index is 3.55. The number of aliphatic hydroxyl groups excluding tert-OH is 3. The first-order valence-corrected chi connectivity index (χ1v) is 23.5. The van der Waals surface area contributed by atoms with E-state index in [2.05, 4.69) is 19.2 Å². The van der Waals surface area contributed by atoms with Gasteiger partial charge in [-0.05, 0) is 19.3 Å². The highest BCUT2D eigenvalue weighted by Gasteiger charge is 2.22. The topological polar surface area (TPSA) is 89.8 Å². The van der Waals surface area contributed by atoms with Crippen LogP contribution in [0.25, 0.3) is 0 Å². The second-order valence-electron chi connectivity index (χ2n) is 16.3. The average Bonchev–Trinajstić information content (AvgIpc) is 3.15. The molecule has 0 bridgehead atoms. The molecule has 0 aliphatic heterocycles. The van der Waals surface area contributed by atoms with E-state index >= 15 is 0 Å². The summed E-state index contributed by atoms with van der Waals surface area (Å²) in [5.74, 6) is -0.499. The van der Waals surface area contributed by atoms with E-state index in [9.17, 15) is 20.1 Å². The Labute approximate surface area is 325 Å². The first-order chi connectivity index (χ1) is 25.6. The van der Waals surface area contributed by atoms with E-state index in [0.29, 0.717) is 6.42 Å². The third kappa shape index (κ3) is 37.4. The molecule has 0 rings (SSSR count). The molecule has 0 aliphatic carbocycles. The van der Waals surface area contributed by atoms with Gasteiger partial charge in [0.25, 0.3) is 0 Å². The van der Waals surface area contributed by atoms with E-state index in [0.717, 1.165) is 32.1 Å². The Morgan fingerprint density at radius 2 is 0.750 bits per heavy atom. The molecular weight excluding hydrogens is 643 g/mol. The van der Waals surface area contributed by atoms with Crippen LogP contribution in [-0.2, 0) is 4.79 Å². The fourth-order valence-electron chi connectivity index (χ4n) is 7.42. The molecular formula is C47H93NO4. The number of rotatable bonds is 43. The lowest BCUT2D eigenvalue weighted by Gasteiger charge is -2.21. The normalized spacial score (nSPS) is 13.6. The van der Waals surface area contributed by atoms with Crippen molar-refractivity contribution < 1.29 is 20.1 Å². The monoisotopic (exact) mass is 736 g/mol. The molecule has 3 atom stereocenters. The van der Waals surface area contributed by atoms with Gasteiger partial charge in [0.2, 0.25) is 5.91 Å². The first-order valence-electron chi connectivity index (χ1n) is 23.5. The minimum atomic E-state index is -1.09. The fraction of sp³-hybridized carbons (Fsp3) is 0.936. The molecule has 0 saturated carbocycles. The molecule has 4 N–H and O–H groups in total. The molecule has 52 heavy (non-hydrogen) atoms. The number of nitrogens with one attached hydrogen (secondary N) is 1. The van der Waals surface area contributed by atoms with Crippen molar-refractivity contribution in [1.82, 2.24) is 5.32 Å². The molecule has 5 heteroatoms. The van der Waals surface area contributed by atoms with E-state index in [1.807, 2.05) is 6.08 Å². The van der Waals surface area contributed by atoms with Crippen LogP contribution in [0.2, 0.25) is 0 Å². The van der Waals surface area contributed by atoms with Crippen LogP contribution >= 0.6 is 0 Å². The summed E-state index contributed by atoms with van der Waals surface area (Å²) in [6.45, 7) is 4.19. The highest BCUT2D eigenvalue weighted by Crippen LogP contribution is 2.17. The molecule has 0 fully saturated rings. The Morgan fingerprint density at radius 1 is 0.462 bits per heavy atom. The predicted octanol–water partition coefficient (Wildman–Crippen LogP) is 13.6. The van der Waals surface area contributed by atoms with Crippen LogP contribution in [0.15, 0.2) is 12.2 Å². The van der Waals surface area contributed by atoms with Crippen LogP contribution in [0.4, 0.5) is 0 Å². The molecule has 3 unspecified atom stereocenters. The molecule has 0 aromatic rings. The van der Waals surface area contributed by atoms with Crippen LogP contribution in [0.3, 0.4) is 0 Å². The predicted molar refractivity (Wildman–Crippen MR) is 227 cm³/mol.